The summed E-state index contributed by atoms with van der Waals surface area (Å²) in [7, 11) is 0. The van der Waals surface area contributed by atoms with Gasteiger partial charge in [-0.2, -0.15) is 0 Å². The second-order valence-corrected chi connectivity index (χ2v) is 6.88. The normalized spacial score (nSPS) is 10.5. The summed E-state index contributed by atoms with van der Waals surface area (Å²) in [5, 5.41) is 0. The third-order valence-electron chi connectivity index (χ3n) is 4.44. The van der Waals surface area contributed by atoms with Crippen LogP contribution in [0.5, 0.6) is 5.75 Å². The van der Waals surface area contributed by atoms with Gasteiger partial charge in [-0.05, 0) is 55.8 Å². The third kappa shape index (κ3) is 7.60. The topological polar surface area (TPSA) is 55.8 Å². The zero-order valence-corrected chi connectivity index (χ0v) is 18.8. The van der Waals surface area contributed by atoms with Crippen molar-refractivity contribution in [1.29, 1.82) is 0 Å². The summed E-state index contributed by atoms with van der Waals surface area (Å²) in [6.07, 6.45) is 1.94. The lowest BCUT2D eigenvalue weighted by Crippen LogP contribution is -2.30. The van der Waals surface area contributed by atoms with Gasteiger partial charge in [0, 0.05) is 19.0 Å². The van der Waals surface area contributed by atoms with E-state index < -0.39 is 29.1 Å². The Bertz CT molecular complexity index is 869. The van der Waals surface area contributed by atoms with Gasteiger partial charge < -0.3 is 9.47 Å². The van der Waals surface area contributed by atoms with E-state index in [1.54, 1.807) is 0 Å². The summed E-state index contributed by atoms with van der Waals surface area (Å²) in [6, 6.07) is 7.91. The number of rotatable bonds is 10. The van der Waals surface area contributed by atoms with E-state index in [0.29, 0.717) is 12.1 Å². The largest absolute Gasteiger partial charge is 0.461 e. The predicted molar refractivity (Wildman–Crippen MR) is 118 cm³/mol. The molecule has 0 unspecified atom stereocenters. The molecule has 0 amide bonds. The van der Waals surface area contributed by atoms with Crippen LogP contribution < -0.4 is 4.74 Å². The minimum Gasteiger partial charge on any atom is -0.461 e. The van der Waals surface area contributed by atoms with Crippen molar-refractivity contribution in [3.63, 3.8) is 0 Å². The van der Waals surface area contributed by atoms with E-state index in [-0.39, 0.29) is 30.3 Å². The molecule has 0 N–H and O–H groups in total. The highest BCUT2D eigenvalue weighted by Crippen LogP contribution is 2.32. The van der Waals surface area contributed by atoms with Gasteiger partial charge in [-0.15, -0.1) is 12.4 Å². The van der Waals surface area contributed by atoms with Crippen molar-refractivity contribution in [3.8, 4) is 16.9 Å². The lowest BCUT2D eigenvalue weighted by molar-refractivity contribution is -0.131. The minimum atomic E-state index is -0.916. The van der Waals surface area contributed by atoms with Gasteiger partial charge in [0.25, 0.3) is 0 Å². The Morgan fingerprint density at radius 2 is 1.55 bits per heavy atom. The van der Waals surface area contributed by atoms with Gasteiger partial charge in [0.05, 0.1) is 0 Å². The van der Waals surface area contributed by atoms with Gasteiger partial charge in [0.1, 0.15) is 29.6 Å². The summed E-state index contributed by atoms with van der Waals surface area (Å²) < 4.78 is 38.8. The predicted octanol–water partition coefficient (Wildman–Crippen LogP) is 5.26. The van der Waals surface area contributed by atoms with Crippen LogP contribution in [0.4, 0.5) is 8.78 Å². The van der Waals surface area contributed by atoms with Crippen LogP contribution in [-0.2, 0) is 9.53 Å². The number of carbonyl (C=O) groups excluding carboxylic acids is 2. The number of ether oxygens (including phenoxy) is 2. The average Bonchev–Trinajstić information content (AvgIpc) is 2.69. The maximum absolute atomic E-state index is 15.3. The van der Waals surface area contributed by atoms with Crippen LogP contribution in [0.25, 0.3) is 11.1 Å². The number of halogens is 3. The smallest absolute Gasteiger partial charge is 0.345 e. The van der Waals surface area contributed by atoms with E-state index in [1.165, 1.54) is 36.4 Å². The molecular weight excluding hydrogens is 428 g/mol. The van der Waals surface area contributed by atoms with Crippen LogP contribution in [0, 0.1) is 11.6 Å². The molecule has 0 spiro atoms. The van der Waals surface area contributed by atoms with Gasteiger partial charge >= 0.3 is 11.9 Å². The van der Waals surface area contributed by atoms with Crippen molar-refractivity contribution < 1.29 is 27.8 Å². The second-order valence-electron chi connectivity index (χ2n) is 6.88. The maximum atomic E-state index is 15.3. The van der Waals surface area contributed by atoms with E-state index in [2.05, 4.69) is 18.7 Å². The first kappa shape index (κ1) is 26.5. The molecule has 5 nitrogen and oxygen atoms in total. The van der Waals surface area contributed by atoms with Crippen LogP contribution >= 0.6 is 12.4 Å². The molecule has 0 aliphatic rings. The third-order valence-corrected chi connectivity index (χ3v) is 4.44. The first-order valence-corrected chi connectivity index (χ1v) is 10.0. The van der Waals surface area contributed by atoms with E-state index >= 15 is 4.39 Å². The zero-order valence-electron chi connectivity index (χ0n) is 18.0. The van der Waals surface area contributed by atoms with Crippen molar-refractivity contribution in [1.82, 2.24) is 4.90 Å². The maximum Gasteiger partial charge on any atom is 0.345 e. The first-order valence-electron chi connectivity index (χ1n) is 10.0. The number of carbonyl (C=O) groups is 2. The fraction of sp³-hybridized carbons (Fsp3) is 0.391. The van der Waals surface area contributed by atoms with Crippen LogP contribution in [0.15, 0.2) is 36.4 Å². The highest BCUT2D eigenvalue weighted by molar-refractivity contribution is 5.95. The minimum absolute atomic E-state index is 0. The molecule has 0 bridgehead atoms. The highest BCUT2D eigenvalue weighted by Gasteiger charge is 2.24. The van der Waals surface area contributed by atoms with Crippen molar-refractivity contribution in [3.05, 3.63) is 53.6 Å². The van der Waals surface area contributed by atoms with E-state index in [9.17, 15) is 14.0 Å². The molecule has 0 saturated carbocycles. The van der Waals surface area contributed by atoms with Crippen molar-refractivity contribution in [2.45, 2.75) is 33.6 Å². The Morgan fingerprint density at radius 1 is 0.935 bits per heavy atom. The lowest BCUT2D eigenvalue weighted by atomic mass is 10.0. The fourth-order valence-corrected chi connectivity index (χ4v) is 3.15. The first-order chi connectivity index (χ1) is 14.4. The van der Waals surface area contributed by atoms with E-state index in [4.69, 9.17) is 9.47 Å². The van der Waals surface area contributed by atoms with Crippen LogP contribution in [0.1, 0.15) is 44.0 Å². The van der Waals surface area contributed by atoms with Crippen molar-refractivity contribution >= 4 is 24.3 Å². The Morgan fingerprint density at radius 3 is 2.10 bits per heavy atom. The van der Waals surface area contributed by atoms with Gasteiger partial charge in [-0.1, -0.05) is 26.0 Å². The Balaban J connectivity index is 0.00000480. The number of nitrogens with zero attached hydrogens (tertiary/aromatic N) is 1. The summed E-state index contributed by atoms with van der Waals surface area (Å²) >= 11 is 0. The fourth-order valence-electron chi connectivity index (χ4n) is 3.15. The van der Waals surface area contributed by atoms with Crippen molar-refractivity contribution in [2.24, 2.45) is 0 Å². The average molecular weight is 456 g/mol. The summed E-state index contributed by atoms with van der Waals surface area (Å²) in [4.78, 5) is 26.2. The molecule has 2 aromatic carbocycles. The molecule has 0 fully saturated rings. The Kier molecular flexibility index (Phi) is 11.1. The molecule has 0 atom stereocenters. The number of esters is 2. The molecule has 0 saturated heterocycles. The molecule has 0 heterocycles. The quantitative estimate of drug-likeness (QED) is 0.361. The summed E-state index contributed by atoms with van der Waals surface area (Å²) in [6.45, 7) is 7.65. The zero-order chi connectivity index (χ0) is 22.1. The van der Waals surface area contributed by atoms with Crippen LogP contribution in [0.2, 0.25) is 0 Å². The monoisotopic (exact) mass is 455 g/mol. The molecule has 170 valence electrons. The second kappa shape index (κ2) is 13.0. The van der Waals surface area contributed by atoms with Gasteiger partial charge in [0.15, 0.2) is 0 Å². The molecule has 0 aromatic heterocycles. The van der Waals surface area contributed by atoms with Crippen LogP contribution in [-0.4, -0.2) is 43.1 Å². The standard InChI is InChI=1S/C23H27F2NO4.ClH/c1-4-12-26(13-5-2)14-15-29-23(28)21-20(30-16(3)27)11-10-19(22(21)25)17-6-8-18(24)9-7-17;/h6-11H,4-5,12-15H2,1-3H3;1H. The van der Waals surface area contributed by atoms with Gasteiger partial charge in [0.2, 0.25) is 0 Å². The summed E-state index contributed by atoms with van der Waals surface area (Å²) in [5.41, 5.74) is 0.00962. The Labute approximate surface area is 187 Å². The van der Waals surface area contributed by atoms with Gasteiger partial charge in [-0.3, -0.25) is 9.69 Å². The van der Waals surface area contributed by atoms with E-state index in [0.717, 1.165) is 32.9 Å². The van der Waals surface area contributed by atoms with Gasteiger partial charge in [-0.25, -0.2) is 13.6 Å². The molecule has 31 heavy (non-hydrogen) atoms. The molecular formula is C23H28ClF2NO4. The SMILES string of the molecule is CCCN(CCC)CCOC(=O)c1c(OC(C)=O)ccc(-c2ccc(F)cc2)c1F.Cl. The number of hydrogen-bond donors (Lipinski definition) is 0. The Hall–Kier alpha value is -2.51. The van der Waals surface area contributed by atoms with Crippen LogP contribution in [0.3, 0.4) is 0 Å². The number of benzene rings is 2. The molecule has 8 heteroatoms. The number of hydrogen-bond acceptors (Lipinski definition) is 5. The van der Waals surface area contributed by atoms with E-state index in [1.807, 2.05) is 0 Å². The molecule has 2 rings (SSSR count). The lowest BCUT2D eigenvalue weighted by Gasteiger charge is -2.20. The van der Waals surface area contributed by atoms with Crippen molar-refractivity contribution in [2.75, 3.05) is 26.2 Å². The molecule has 2 aromatic rings. The summed E-state index contributed by atoms with van der Waals surface area (Å²) in [5.74, 6) is -3.16. The highest BCUT2D eigenvalue weighted by atomic mass is 35.5. The molecule has 0 aliphatic carbocycles. The molecule has 0 radical (unpaired) electrons. The molecule has 0 aliphatic heterocycles.